The first-order valence-corrected chi connectivity index (χ1v) is 8.98. The second-order valence-corrected chi connectivity index (χ2v) is 7.60. The minimum atomic E-state index is 0.385. The predicted molar refractivity (Wildman–Crippen MR) is 92.9 cm³/mol. The van der Waals surface area contributed by atoms with Gasteiger partial charge in [0.15, 0.2) is 6.39 Å². The summed E-state index contributed by atoms with van der Waals surface area (Å²) in [4.78, 5) is 13.7. The summed E-state index contributed by atoms with van der Waals surface area (Å²) in [5, 5.41) is 0.557. The summed E-state index contributed by atoms with van der Waals surface area (Å²) in [7, 11) is 0. The highest BCUT2D eigenvalue weighted by atomic mass is 35.5. The Kier molecular flexibility index (Phi) is 4.33. The third-order valence-electron chi connectivity index (χ3n) is 5.19. The summed E-state index contributed by atoms with van der Waals surface area (Å²) in [6.07, 6.45) is 4.71. The molecular weight excluding hydrogens is 324 g/mol. The van der Waals surface area contributed by atoms with Crippen LogP contribution in [-0.2, 0) is 13.1 Å². The molecule has 2 bridgehead atoms. The smallest absolute Gasteiger partial charge is 0.181 e. The van der Waals surface area contributed by atoms with Crippen molar-refractivity contribution in [2.24, 2.45) is 0 Å². The van der Waals surface area contributed by atoms with E-state index in [4.69, 9.17) is 16.0 Å². The van der Waals surface area contributed by atoms with Crippen molar-refractivity contribution in [2.45, 2.75) is 51.4 Å². The number of aromatic nitrogens is 2. The molecule has 2 atom stereocenters. The van der Waals surface area contributed by atoms with Crippen molar-refractivity contribution in [3.63, 3.8) is 0 Å². The highest BCUT2D eigenvalue weighted by Crippen LogP contribution is 2.33. The zero-order chi connectivity index (χ0) is 16.7. The number of nitrogens with zero attached hydrogens (tertiary/aromatic N) is 4. The van der Waals surface area contributed by atoms with Crippen LogP contribution >= 0.6 is 11.6 Å². The van der Waals surface area contributed by atoms with E-state index >= 15 is 0 Å². The molecule has 2 aliphatic rings. The number of pyridine rings is 1. The largest absolute Gasteiger partial charge is 0.448 e. The lowest BCUT2D eigenvalue weighted by Crippen LogP contribution is -2.45. The van der Waals surface area contributed by atoms with Crippen LogP contribution in [0.5, 0.6) is 0 Å². The number of likely N-dealkylation sites (tertiary alicyclic amines) is 2. The number of hydrogen-bond acceptors (Lipinski definition) is 5. The van der Waals surface area contributed by atoms with Gasteiger partial charge in [0.2, 0.25) is 0 Å². The van der Waals surface area contributed by atoms with Crippen molar-refractivity contribution in [2.75, 3.05) is 13.1 Å². The molecule has 2 aliphatic heterocycles. The van der Waals surface area contributed by atoms with Gasteiger partial charge in [0.1, 0.15) is 10.9 Å². The molecule has 0 aliphatic carbocycles. The van der Waals surface area contributed by atoms with Crippen LogP contribution in [0.15, 0.2) is 29.1 Å². The second-order valence-electron chi connectivity index (χ2n) is 7.21. The Bertz CT molecular complexity index is 699. The van der Waals surface area contributed by atoms with Gasteiger partial charge < -0.3 is 4.42 Å². The molecule has 2 aromatic rings. The van der Waals surface area contributed by atoms with Gasteiger partial charge in [-0.1, -0.05) is 31.5 Å². The Hall–Kier alpha value is -1.43. The van der Waals surface area contributed by atoms with Gasteiger partial charge in [0, 0.05) is 50.4 Å². The Labute approximate surface area is 147 Å². The lowest BCUT2D eigenvalue weighted by atomic mass is 10.1. The summed E-state index contributed by atoms with van der Waals surface area (Å²) in [6.45, 7) is 8.39. The topological polar surface area (TPSA) is 45.4 Å². The van der Waals surface area contributed by atoms with Gasteiger partial charge in [-0.15, -0.1) is 0 Å². The van der Waals surface area contributed by atoms with Gasteiger partial charge >= 0.3 is 0 Å². The summed E-state index contributed by atoms with van der Waals surface area (Å²) < 4.78 is 5.56. The van der Waals surface area contributed by atoms with Gasteiger partial charge in [-0.3, -0.25) is 9.80 Å². The number of rotatable bonds is 5. The number of fused-ring (bicyclic) bond motifs is 2. The quantitative estimate of drug-likeness (QED) is 0.777. The van der Waals surface area contributed by atoms with Crippen molar-refractivity contribution in [3.05, 3.63) is 46.9 Å². The minimum Gasteiger partial charge on any atom is -0.448 e. The normalized spacial score (nSPS) is 24.3. The molecule has 2 unspecified atom stereocenters. The number of piperazine rings is 1. The average molecular weight is 347 g/mol. The third kappa shape index (κ3) is 3.08. The van der Waals surface area contributed by atoms with Gasteiger partial charge in [-0.05, 0) is 18.1 Å². The summed E-state index contributed by atoms with van der Waals surface area (Å²) in [6, 6.07) is 5.19. The molecule has 0 N–H and O–H groups in total. The zero-order valence-electron chi connectivity index (χ0n) is 14.2. The summed E-state index contributed by atoms with van der Waals surface area (Å²) >= 11 is 5.87. The molecule has 2 fully saturated rings. The molecule has 4 rings (SSSR count). The van der Waals surface area contributed by atoms with E-state index in [-0.39, 0.29) is 0 Å². The number of halogens is 1. The van der Waals surface area contributed by atoms with Crippen LogP contribution in [0.25, 0.3) is 0 Å². The van der Waals surface area contributed by atoms with E-state index in [1.807, 2.05) is 12.3 Å². The highest BCUT2D eigenvalue weighted by Gasteiger charge is 2.43. The first kappa shape index (κ1) is 16.1. The predicted octanol–water partition coefficient (Wildman–Crippen LogP) is 3.31. The van der Waals surface area contributed by atoms with Gasteiger partial charge in [0.05, 0.1) is 5.69 Å². The zero-order valence-corrected chi connectivity index (χ0v) is 14.9. The maximum absolute atomic E-state index is 5.87. The van der Waals surface area contributed by atoms with E-state index in [1.165, 1.54) is 12.0 Å². The fraction of sp³-hybridized carbons (Fsp3) is 0.556. The lowest BCUT2D eigenvalue weighted by Gasteiger charge is -2.34. The lowest BCUT2D eigenvalue weighted by molar-refractivity contribution is 0.116. The van der Waals surface area contributed by atoms with E-state index in [0.717, 1.165) is 37.6 Å². The van der Waals surface area contributed by atoms with Crippen molar-refractivity contribution in [1.82, 2.24) is 19.8 Å². The summed E-state index contributed by atoms with van der Waals surface area (Å²) in [5.41, 5.74) is 2.34. The van der Waals surface area contributed by atoms with Crippen molar-refractivity contribution in [3.8, 4) is 0 Å². The monoisotopic (exact) mass is 346 g/mol. The first-order chi connectivity index (χ1) is 11.6. The van der Waals surface area contributed by atoms with E-state index < -0.39 is 0 Å². The van der Waals surface area contributed by atoms with Crippen LogP contribution in [0.3, 0.4) is 0 Å². The average Bonchev–Trinajstić information content (AvgIpc) is 3.25. The molecule has 0 spiro atoms. The van der Waals surface area contributed by atoms with Gasteiger partial charge in [-0.25, -0.2) is 9.97 Å². The van der Waals surface area contributed by atoms with Crippen LogP contribution in [0, 0.1) is 0 Å². The molecule has 2 saturated heterocycles. The number of hydrogen-bond donors (Lipinski definition) is 0. The third-order valence-corrected chi connectivity index (χ3v) is 5.42. The van der Waals surface area contributed by atoms with Crippen molar-refractivity contribution >= 4 is 11.6 Å². The maximum atomic E-state index is 5.87. The molecule has 6 heteroatoms. The molecule has 0 amide bonds. The van der Waals surface area contributed by atoms with Crippen LogP contribution in [0.2, 0.25) is 5.15 Å². The number of oxazole rings is 1. The second kappa shape index (κ2) is 6.47. The van der Waals surface area contributed by atoms with E-state index in [0.29, 0.717) is 23.2 Å². The first-order valence-electron chi connectivity index (χ1n) is 8.61. The molecule has 4 heterocycles. The minimum absolute atomic E-state index is 0.385. The Balaban J connectivity index is 1.37. The molecule has 0 aromatic carbocycles. The van der Waals surface area contributed by atoms with Crippen LogP contribution in [0.4, 0.5) is 0 Å². The summed E-state index contributed by atoms with van der Waals surface area (Å²) in [5.74, 6) is 1.41. The standard InChI is InChI=1S/C18H23ClN4O/c1-12(2)18-16(21-11-24-18)10-23-9-14-5-15(23)8-22(14)7-13-3-4-17(19)20-6-13/h3-4,6,11-12,14-15H,5,7-10H2,1-2H3. The molecule has 5 nitrogen and oxygen atoms in total. The van der Waals surface area contributed by atoms with Crippen LogP contribution in [0.1, 0.15) is 43.2 Å². The molecule has 24 heavy (non-hydrogen) atoms. The van der Waals surface area contributed by atoms with E-state index in [2.05, 4.69) is 39.7 Å². The molecule has 0 radical (unpaired) electrons. The Morgan fingerprint density at radius 2 is 1.92 bits per heavy atom. The fourth-order valence-corrected chi connectivity index (χ4v) is 4.12. The van der Waals surface area contributed by atoms with Gasteiger partial charge in [0.25, 0.3) is 0 Å². The van der Waals surface area contributed by atoms with Crippen LogP contribution < -0.4 is 0 Å². The Morgan fingerprint density at radius 3 is 2.54 bits per heavy atom. The fourth-order valence-electron chi connectivity index (χ4n) is 4.01. The van der Waals surface area contributed by atoms with E-state index in [9.17, 15) is 0 Å². The molecule has 128 valence electrons. The van der Waals surface area contributed by atoms with Crippen LogP contribution in [-0.4, -0.2) is 44.9 Å². The SMILES string of the molecule is CC(C)c1ocnc1CN1CC2CC1CN2Cc1ccc(Cl)nc1. The van der Waals surface area contributed by atoms with E-state index in [1.54, 1.807) is 6.39 Å². The molecule has 2 aromatic heterocycles. The maximum Gasteiger partial charge on any atom is 0.181 e. The van der Waals surface area contributed by atoms with Gasteiger partial charge in [-0.2, -0.15) is 0 Å². The molecular formula is C18H23ClN4O. The van der Waals surface area contributed by atoms with Crippen molar-refractivity contribution < 1.29 is 4.42 Å². The molecule has 0 saturated carbocycles. The highest BCUT2D eigenvalue weighted by molar-refractivity contribution is 6.29. The van der Waals surface area contributed by atoms with Crippen molar-refractivity contribution in [1.29, 1.82) is 0 Å². The Morgan fingerprint density at radius 1 is 1.17 bits per heavy atom.